The predicted molar refractivity (Wildman–Crippen MR) is 76.8 cm³/mol. The monoisotopic (exact) mass is 281 g/mol. The molecule has 1 aromatic heterocycles. The van der Waals surface area contributed by atoms with Gasteiger partial charge in [-0.3, -0.25) is 0 Å². The van der Waals surface area contributed by atoms with Crippen LogP contribution in [0.3, 0.4) is 0 Å². The first-order chi connectivity index (χ1) is 9.74. The molecular formula is C15H11N3OS. The molecule has 98 valence electrons. The standard InChI is InChI=1S/C15H11N3OS/c16-8-1-2-11-3-5-12(6-4-11)19-14-7-9-18-15(20)13(14)10-17/h3-7,9H,1-2H2,(H,18,20). The second-order valence-electron chi connectivity index (χ2n) is 4.06. The van der Waals surface area contributed by atoms with Gasteiger partial charge in [-0.25, -0.2) is 0 Å². The zero-order valence-electron chi connectivity index (χ0n) is 10.6. The van der Waals surface area contributed by atoms with Gasteiger partial charge in [0.15, 0.2) is 0 Å². The van der Waals surface area contributed by atoms with E-state index in [2.05, 4.69) is 11.1 Å². The topological polar surface area (TPSA) is 72.6 Å². The maximum atomic E-state index is 9.07. The minimum atomic E-state index is 0.316. The van der Waals surface area contributed by atoms with Crippen LogP contribution in [0.2, 0.25) is 0 Å². The molecule has 1 heterocycles. The van der Waals surface area contributed by atoms with E-state index in [4.69, 9.17) is 27.5 Å². The Morgan fingerprint density at radius 3 is 2.55 bits per heavy atom. The number of nitrogens with one attached hydrogen (secondary N) is 1. The maximum Gasteiger partial charge on any atom is 0.149 e. The van der Waals surface area contributed by atoms with Crippen LogP contribution < -0.4 is 4.74 Å². The van der Waals surface area contributed by atoms with Crippen molar-refractivity contribution in [1.29, 1.82) is 10.5 Å². The lowest BCUT2D eigenvalue weighted by Crippen LogP contribution is -1.91. The number of hydrogen-bond donors (Lipinski definition) is 1. The highest BCUT2D eigenvalue weighted by Gasteiger charge is 2.06. The van der Waals surface area contributed by atoms with Gasteiger partial charge in [-0.2, -0.15) is 10.5 Å². The first-order valence-corrected chi connectivity index (χ1v) is 6.41. The number of benzene rings is 1. The molecule has 0 spiro atoms. The number of pyridine rings is 1. The highest BCUT2D eigenvalue weighted by atomic mass is 32.1. The molecule has 20 heavy (non-hydrogen) atoms. The summed E-state index contributed by atoms with van der Waals surface area (Å²) in [5, 5.41) is 17.6. The molecule has 1 N–H and O–H groups in total. The molecule has 2 aromatic rings. The minimum Gasteiger partial charge on any atom is -0.456 e. The van der Waals surface area contributed by atoms with Crippen molar-refractivity contribution in [3.05, 3.63) is 52.3 Å². The summed E-state index contributed by atoms with van der Waals surface area (Å²) in [5.41, 5.74) is 1.39. The molecule has 0 unspecified atom stereocenters. The van der Waals surface area contributed by atoms with Crippen LogP contribution in [0.1, 0.15) is 17.5 Å². The lowest BCUT2D eigenvalue weighted by molar-refractivity contribution is 0.480. The fraction of sp³-hybridized carbons (Fsp3) is 0.133. The van der Waals surface area contributed by atoms with Crippen molar-refractivity contribution in [2.24, 2.45) is 0 Å². The molecular weight excluding hydrogens is 270 g/mol. The quantitative estimate of drug-likeness (QED) is 0.863. The minimum absolute atomic E-state index is 0.316. The van der Waals surface area contributed by atoms with Crippen molar-refractivity contribution in [1.82, 2.24) is 4.98 Å². The summed E-state index contributed by atoms with van der Waals surface area (Å²) in [7, 11) is 0. The van der Waals surface area contributed by atoms with Crippen LogP contribution in [0, 0.1) is 27.3 Å². The third-order valence-corrected chi connectivity index (χ3v) is 3.03. The average molecular weight is 281 g/mol. The Labute approximate surface area is 121 Å². The lowest BCUT2D eigenvalue weighted by atomic mass is 10.1. The summed E-state index contributed by atoms with van der Waals surface area (Å²) in [6.45, 7) is 0. The number of aromatic nitrogens is 1. The zero-order valence-corrected chi connectivity index (χ0v) is 11.4. The van der Waals surface area contributed by atoms with E-state index in [-0.39, 0.29) is 0 Å². The van der Waals surface area contributed by atoms with Crippen molar-refractivity contribution in [2.45, 2.75) is 12.8 Å². The second kappa shape index (κ2) is 6.51. The highest BCUT2D eigenvalue weighted by molar-refractivity contribution is 7.71. The van der Waals surface area contributed by atoms with Crippen molar-refractivity contribution >= 4 is 12.2 Å². The second-order valence-corrected chi connectivity index (χ2v) is 4.47. The normalized spacial score (nSPS) is 9.50. The lowest BCUT2D eigenvalue weighted by Gasteiger charge is -2.07. The van der Waals surface area contributed by atoms with Gasteiger partial charge in [0, 0.05) is 12.6 Å². The van der Waals surface area contributed by atoms with Crippen LogP contribution in [-0.2, 0) is 6.42 Å². The largest absolute Gasteiger partial charge is 0.456 e. The van der Waals surface area contributed by atoms with Crippen LogP contribution in [0.25, 0.3) is 0 Å². The fourth-order valence-corrected chi connectivity index (χ4v) is 1.92. The van der Waals surface area contributed by atoms with Gasteiger partial charge in [0.05, 0.1) is 6.07 Å². The number of nitriles is 2. The number of ether oxygens (including phenoxy) is 1. The van der Waals surface area contributed by atoms with E-state index in [9.17, 15) is 0 Å². The summed E-state index contributed by atoms with van der Waals surface area (Å²) >= 11 is 5.03. The molecule has 2 rings (SSSR count). The summed E-state index contributed by atoms with van der Waals surface area (Å²) < 4.78 is 6.02. The van der Waals surface area contributed by atoms with E-state index in [1.54, 1.807) is 12.3 Å². The molecule has 0 saturated heterocycles. The SMILES string of the molecule is N#CCCc1ccc(Oc2cc[nH]c(=S)c2C#N)cc1. The number of rotatable bonds is 4. The van der Waals surface area contributed by atoms with E-state index in [1.807, 2.05) is 30.3 Å². The molecule has 0 bridgehead atoms. The molecule has 0 radical (unpaired) electrons. The van der Waals surface area contributed by atoms with Crippen LogP contribution in [0.4, 0.5) is 0 Å². The Hall–Kier alpha value is -2.63. The Morgan fingerprint density at radius 2 is 1.90 bits per heavy atom. The maximum absolute atomic E-state index is 9.07. The van der Waals surface area contributed by atoms with Gasteiger partial charge in [0.2, 0.25) is 0 Å². The number of hydrogen-bond acceptors (Lipinski definition) is 4. The molecule has 0 atom stereocenters. The third kappa shape index (κ3) is 3.23. The van der Waals surface area contributed by atoms with Crippen LogP contribution in [0.15, 0.2) is 36.5 Å². The summed E-state index contributed by atoms with van der Waals surface area (Å²) in [6, 6.07) is 13.2. The fourth-order valence-electron chi connectivity index (χ4n) is 1.70. The number of nitrogens with zero attached hydrogens (tertiary/aromatic N) is 2. The number of H-pyrrole nitrogens is 1. The van der Waals surface area contributed by atoms with Crippen molar-refractivity contribution in [2.75, 3.05) is 0 Å². The first kappa shape index (κ1) is 13.8. The Bertz CT molecular complexity index is 735. The number of aryl methyl sites for hydroxylation is 1. The summed E-state index contributed by atoms with van der Waals surface area (Å²) in [4.78, 5) is 2.79. The summed E-state index contributed by atoms with van der Waals surface area (Å²) in [6.07, 6.45) is 2.85. The molecule has 5 heteroatoms. The van der Waals surface area contributed by atoms with Gasteiger partial charge in [0.1, 0.15) is 27.8 Å². The molecule has 1 aromatic carbocycles. The van der Waals surface area contributed by atoms with Gasteiger partial charge in [-0.05, 0) is 30.2 Å². The molecule has 0 aliphatic carbocycles. The van der Waals surface area contributed by atoms with E-state index in [1.165, 1.54) is 0 Å². The van der Waals surface area contributed by atoms with E-state index in [0.29, 0.717) is 28.1 Å². The van der Waals surface area contributed by atoms with Gasteiger partial charge in [-0.1, -0.05) is 24.4 Å². The average Bonchev–Trinajstić information content (AvgIpc) is 2.47. The van der Waals surface area contributed by atoms with Crippen LogP contribution in [-0.4, -0.2) is 4.98 Å². The smallest absolute Gasteiger partial charge is 0.149 e. The van der Waals surface area contributed by atoms with Gasteiger partial charge >= 0.3 is 0 Å². The molecule has 0 fully saturated rings. The molecule has 0 aliphatic heterocycles. The van der Waals surface area contributed by atoms with Crippen LogP contribution in [0.5, 0.6) is 11.5 Å². The summed E-state index contributed by atoms with van der Waals surface area (Å²) in [5.74, 6) is 1.06. The van der Waals surface area contributed by atoms with E-state index >= 15 is 0 Å². The first-order valence-electron chi connectivity index (χ1n) is 6.00. The van der Waals surface area contributed by atoms with Gasteiger partial charge in [-0.15, -0.1) is 0 Å². The van der Waals surface area contributed by atoms with Gasteiger partial charge in [0.25, 0.3) is 0 Å². The molecule has 0 amide bonds. The zero-order chi connectivity index (χ0) is 14.4. The van der Waals surface area contributed by atoms with Crippen molar-refractivity contribution in [3.8, 4) is 23.6 Å². The Balaban J connectivity index is 2.19. The number of aromatic amines is 1. The van der Waals surface area contributed by atoms with E-state index < -0.39 is 0 Å². The van der Waals surface area contributed by atoms with Crippen molar-refractivity contribution < 1.29 is 4.74 Å². The Morgan fingerprint density at radius 1 is 1.15 bits per heavy atom. The highest BCUT2D eigenvalue weighted by Crippen LogP contribution is 2.25. The Kier molecular flexibility index (Phi) is 4.49. The third-order valence-electron chi connectivity index (χ3n) is 2.71. The molecule has 4 nitrogen and oxygen atoms in total. The van der Waals surface area contributed by atoms with Gasteiger partial charge < -0.3 is 9.72 Å². The molecule has 0 aliphatic rings. The van der Waals surface area contributed by atoms with Crippen LogP contribution >= 0.6 is 12.2 Å². The molecule has 0 saturated carbocycles. The van der Waals surface area contributed by atoms with Crippen molar-refractivity contribution in [3.63, 3.8) is 0 Å². The predicted octanol–water partition coefficient (Wildman–Crippen LogP) is 3.86. The van der Waals surface area contributed by atoms with E-state index in [0.717, 1.165) is 12.0 Å².